The maximum absolute atomic E-state index is 14.9. The molecule has 8 fully saturated rings. The topological polar surface area (TPSA) is 449 Å². The Morgan fingerprint density at radius 2 is 0.936 bits per heavy atom. The highest BCUT2D eigenvalue weighted by Crippen LogP contribution is 2.49. The van der Waals surface area contributed by atoms with Crippen molar-refractivity contribution in [2.75, 3.05) is 49.4 Å². The summed E-state index contributed by atoms with van der Waals surface area (Å²) in [5, 5.41) is 32.0. The second kappa shape index (κ2) is 40.2. The van der Waals surface area contributed by atoms with Crippen LogP contribution in [0.15, 0.2) is 59.3 Å². The van der Waals surface area contributed by atoms with Crippen LogP contribution < -0.4 is 60.7 Å². The highest BCUT2D eigenvalue weighted by atomic mass is 32.2. The van der Waals surface area contributed by atoms with Crippen LogP contribution in [0.5, 0.6) is 23.0 Å². The molecule has 4 aliphatic carbocycles. The minimum atomic E-state index is -3.93. The quantitative estimate of drug-likeness (QED) is 0.0323. The number of carboxylic acid groups (broad SMARTS) is 1. The molecule has 8 aliphatic rings. The van der Waals surface area contributed by atoms with Crippen LogP contribution in [0.3, 0.4) is 0 Å². The summed E-state index contributed by atoms with van der Waals surface area (Å²) >= 11 is 2.93. The Morgan fingerprint density at radius 1 is 0.528 bits per heavy atom. The van der Waals surface area contributed by atoms with Gasteiger partial charge in [0.25, 0.3) is 11.8 Å². The Bertz CT molecular complexity index is 5120. The molecule has 10 N–H and O–H groups in total. The van der Waals surface area contributed by atoms with E-state index >= 15 is 0 Å². The van der Waals surface area contributed by atoms with Gasteiger partial charge in [0, 0.05) is 70.7 Å². The van der Waals surface area contributed by atoms with Crippen molar-refractivity contribution in [3.63, 3.8) is 0 Å². The average molecular weight is 1810 g/mol. The first-order valence-corrected chi connectivity index (χ1v) is 49.0. The molecule has 33 nitrogen and oxygen atoms in total. The summed E-state index contributed by atoms with van der Waals surface area (Å²) in [7, 11) is -4.26. The lowest BCUT2D eigenvalue weighted by Gasteiger charge is -2.35. The van der Waals surface area contributed by atoms with E-state index in [1.54, 1.807) is 50.6 Å². The highest BCUT2D eigenvalue weighted by Gasteiger charge is 2.63. The van der Waals surface area contributed by atoms with Crippen molar-refractivity contribution in [1.29, 1.82) is 0 Å². The molecule has 4 saturated heterocycles. The Balaban J connectivity index is 0.000000197. The SMILES string of the molecule is COc1ccc2c(O[C@@H]3C[C@@H](C(=O)N[C@]45CC4CCCCCCCS(=O)(=O)NC5=O)N(C(=O)[C@@H](NC(=O)OC4CCCC4)C(C)(C)C)C3)cc(-c3csc(NC(C)C)n3)nc2c1.COc1ccc2c(O[C@@H]3C[C@@H](C(=O)O)N(C(=O)[C@@H](NC(=O)OC4CCCC4)C(C)(C)C)C3)cc(-c3csc(NC(C)C)n3)nc2c1.N[C@]12CC1CCCCCCCS(=O)(=O)NC2=O. The van der Waals surface area contributed by atoms with Crippen LogP contribution in [0.4, 0.5) is 19.9 Å². The molecule has 0 bridgehead atoms. The number of anilines is 2. The maximum Gasteiger partial charge on any atom is 0.408 e. The average Bonchev–Trinajstić information content (AvgIpc) is 1.57. The third-order valence-electron chi connectivity index (χ3n) is 24.3. The van der Waals surface area contributed by atoms with Gasteiger partial charge in [0.2, 0.25) is 37.8 Å². The van der Waals surface area contributed by atoms with Crippen LogP contribution >= 0.6 is 22.7 Å². The number of likely N-dealkylation sites (tertiary alicyclic amines) is 2. The van der Waals surface area contributed by atoms with Crippen molar-refractivity contribution in [3.05, 3.63) is 59.3 Å². The van der Waals surface area contributed by atoms with E-state index in [9.17, 15) is 60.3 Å². The number of pyridine rings is 2. The van der Waals surface area contributed by atoms with Gasteiger partial charge in [0.1, 0.15) is 88.5 Å². The number of carboxylic acids is 1. The molecule has 2 aromatic carbocycles. The second-order valence-electron chi connectivity index (χ2n) is 37.2. The zero-order chi connectivity index (χ0) is 90.1. The number of sulfonamides is 2. The number of thiazole rings is 2. The van der Waals surface area contributed by atoms with Gasteiger partial charge in [-0.2, -0.15) is 0 Å². The van der Waals surface area contributed by atoms with Gasteiger partial charge in [0.15, 0.2) is 10.3 Å². The Kier molecular flexibility index (Phi) is 30.5. The Labute approximate surface area is 739 Å². The number of fused-ring (bicyclic) bond motifs is 4. The number of rotatable bonds is 21. The molecule has 14 rings (SSSR count). The van der Waals surface area contributed by atoms with Gasteiger partial charge in [-0.05, 0) is 165 Å². The summed E-state index contributed by atoms with van der Waals surface area (Å²) in [5.74, 6) is -2.13. The smallest absolute Gasteiger partial charge is 0.408 e. The molecule has 8 heterocycles. The van der Waals surface area contributed by atoms with Crippen molar-refractivity contribution in [2.24, 2.45) is 28.4 Å². The van der Waals surface area contributed by atoms with Crippen LogP contribution in [0.2, 0.25) is 0 Å². The van der Waals surface area contributed by atoms with Crippen molar-refractivity contribution in [2.45, 2.75) is 295 Å². The standard InChI is InChI=1S/C44H61N7O9S2.C33H43N5O7S.C11H20N2O3S/c1-26(2)45-41-47-34(25-61-41)33-22-36(31-18-17-29(58-6)20-32(31)46-33)59-30-21-35(51(24-30)39(53)37(43(3,4)5)48-42(55)60-28-15-11-12-16-28)38(52)49-44-23-27(44)14-10-8-7-9-13-19-62(56,57)50-40(44)54;1-18(2)34-31-36-25(17-46-31)24-15-27(22-12-11-20(43-6)13-23(22)35-24)44-21-14-26(30(40)41)38(16-21)29(39)28(33(3,4)5)37-32(42)45-19-9-7-8-10-19;12-11-8-9(11)6-4-2-1-3-5-7-17(15,16)13-10(11)14/h17-18,20,22,25-28,30,35,37H,7-16,19,21,23-24H2,1-6H3,(H,45,47)(H,48,55)(H,49,52)(H,50,54);11-13,15,17-19,21,26,28H,7-10,14,16H2,1-6H3,(H,34,36)(H,37,42)(H,40,41);9H,1-8,12H2,(H,13,14)/t27?,30-,35+,37-,44-;21-,26+,28-;9?,11-/m111/s1. The lowest BCUT2D eigenvalue weighted by molar-refractivity contribution is -0.150. The number of methoxy groups -OCH3 is 2. The molecular weight excluding hydrogens is 1690 g/mol. The minimum absolute atomic E-state index is 0.0240. The Hall–Kier alpha value is -9.46. The number of carbonyl (C=O) groups is 8. The summed E-state index contributed by atoms with van der Waals surface area (Å²) in [6, 6.07) is 10.5. The number of amides is 7. The summed E-state index contributed by atoms with van der Waals surface area (Å²) in [6.45, 7) is 19.1. The molecule has 4 saturated carbocycles. The monoisotopic (exact) mass is 1810 g/mol. The first-order chi connectivity index (χ1) is 59.2. The minimum Gasteiger partial charge on any atom is -0.497 e. The van der Waals surface area contributed by atoms with Gasteiger partial charge in [0.05, 0.1) is 66.8 Å². The first kappa shape index (κ1) is 94.7. The van der Waals surface area contributed by atoms with Gasteiger partial charge in [-0.3, -0.25) is 33.4 Å². The molecule has 4 aromatic heterocycles. The van der Waals surface area contributed by atoms with Gasteiger partial charge < -0.3 is 75.6 Å². The fourth-order valence-corrected chi connectivity index (χ4v) is 21.3. The fraction of sp³-hybridized carbons (Fsp3) is 0.636. The molecule has 125 heavy (non-hydrogen) atoms. The first-order valence-electron chi connectivity index (χ1n) is 44.0. The van der Waals surface area contributed by atoms with E-state index in [0.29, 0.717) is 93.3 Å². The number of alkyl carbamates (subject to hydrolysis) is 2. The van der Waals surface area contributed by atoms with E-state index in [-0.39, 0.29) is 80.0 Å². The van der Waals surface area contributed by atoms with Crippen LogP contribution in [-0.2, 0) is 58.3 Å². The van der Waals surface area contributed by atoms with Gasteiger partial charge >= 0.3 is 18.2 Å². The van der Waals surface area contributed by atoms with Crippen molar-refractivity contribution in [1.82, 2.24) is 55.1 Å². The zero-order valence-electron chi connectivity index (χ0n) is 73.7. The molecule has 0 radical (unpaired) electrons. The molecule has 7 amide bonds. The van der Waals surface area contributed by atoms with Crippen molar-refractivity contribution < 1.29 is 88.7 Å². The normalized spacial score (nSPS) is 24.6. The molecule has 6 aromatic rings. The van der Waals surface area contributed by atoms with Gasteiger partial charge in [-0.25, -0.2) is 51.2 Å². The number of benzene rings is 2. The molecule has 684 valence electrons. The van der Waals surface area contributed by atoms with Crippen molar-refractivity contribution in [3.8, 4) is 45.8 Å². The third-order valence-corrected chi connectivity index (χ3v) is 28.5. The van der Waals surface area contributed by atoms with E-state index in [0.717, 1.165) is 119 Å². The predicted octanol–water partition coefficient (Wildman–Crippen LogP) is 12.5. The molecule has 10 atom stereocenters. The van der Waals surface area contributed by atoms with Crippen LogP contribution in [0, 0.1) is 22.7 Å². The van der Waals surface area contributed by atoms with Gasteiger partial charge in [-0.15, -0.1) is 22.7 Å². The van der Waals surface area contributed by atoms with E-state index in [2.05, 4.69) is 36.0 Å². The molecule has 0 spiro atoms. The van der Waals surface area contributed by atoms with E-state index in [1.165, 1.54) is 32.5 Å². The highest BCUT2D eigenvalue weighted by molar-refractivity contribution is 7.90. The lowest BCUT2D eigenvalue weighted by atomic mass is 9.85. The molecular formula is C88H124N14O19S4. The Morgan fingerprint density at radius 3 is 1.37 bits per heavy atom. The summed E-state index contributed by atoms with van der Waals surface area (Å²) in [6.07, 6.45) is 15.0. The summed E-state index contributed by atoms with van der Waals surface area (Å²) in [5.41, 5.74) is 5.67. The van der Waals surface area contributed by atoms with E-state index in [4.69, 9.17) is 54.1 Å². The number of ether oxygens (including phenoxy) is 6. The van der Waals surface area contributed by atoms with Crippen LogP contribution in [-0.4, -0.2) is 210 Å². The number of carbonyl (C=O) groups excluding carboxylic acids is 7. The maximum atomic E-state index is 14.9. The van der Waals surface area contributed by atoms with Crippen LogP contribution in [0.1, 0.15) is 223 Å². The number of hydrogen-bond acceptors (Lipinski definition) is 27. The zero-order valence-corrected chi connectivity index (χ0v) is 77.0. The van der Waals surface area contributed by atoms with Gasteiger partial charge in [-0.1, -0.05) is 92.9 Å². The third kappa shape index (κ3) is 24.5. The number of nitrogens with two attached hydrogens (primary N) is 1. The molecule has 37 heteroatoms. The number of aliphatic carboxylic acids is 1. The summed E-state index contributed by atoms with van der Waals surface area (Å²) < 4.78 is 89.1. The number of nitrogens with zero attached hydrogens (tertiary/aromatic N) is 6. The number of hydrogen-bond donors (Lipinski definition) is 9. The van der Waals surface area contributed by atoms with E-state index in [1.807, 2.05) is 92.1 Å². The van der Waals surface area contributed by atoms with Crippen LogP contribution in [0.25, 0.3) is 44.6 Å². The van der Waals surface area contributed by atoms with E-state index < -0.39 is 126 Å². The summed E-state index contributed by atoms with van der Waals surface area (Å²) in [4.78, 5) is 130. The number of aromatic nitrogens is 4. The van der Waals surface area contributed by atoms with Crippen molar-refractivity contribution >= 4 is 122 Å². The second-order valence-corrected chi connectivity index (χ2v) is 42.6. The largest absolute Gasteiger partial charge is 0.497 e. The molecule has 2 unspecified atom stereocenters. The number of nitrogens with one attached hydrogen (secondary N) is 7. The molecule has 4 aliphatic heterocycles. The fourth-order valence-electron chi connectivity index (χ4n) is 17.3. The lowest BCUT2D eigenvalue weighted by Crippen LogP contribution is -2.60. The predicted molar refractivity (Wildman–Crippen MR) is 477 cm³/mol.